The number of carboxylic acid groups (broad SMARTS) is 1. The number of amides is 2. The van der Waals surface area contributed by atoms with Gasteiger partial charge < -0.3 is 10.4 Å². The van der Waals surface area contributed by atoms with Crippen molar-refractivity contribution < 1.29 is 19.5 Å². The zero-order valence-electron chi connectivity index (χ0n) is 12.7. The molecule has 0 aromatic heterocycles. The highest BCUT2D eigenvalue weighted by molar-refractivity contribution is 6.03. The number of nitrogens with zero attached hydrogens (tertiary/aromatic N) is 1. The van der Waals surface area contributed by atoms with Crippen LogP contribution in [0.25, 0.3) is 0 Å². The second-order valence-electron chi connectivity index (χ2n) is 5.98. The molecule has 1 fully saturated rings. The second kappa shape index (κ2) is 5.91. The lowest BCUT2D eigenvalue weighted by Gasteiger charge is -2.45. The first-order chi connectivity index (χ1) is 11.0. The average Bonchev–Trinajstić information content (AvgIpc) is 2.98. The summed E-state index contributed by atoms with van der Waals surface area (Å²) in [4.78, 5) is 35.4. The molecule has 122 valence electrons. The quantitative estimate of drug-likeness (QED) is 0.785. The first kappa shape index (κ1) is 15.3. The van der Waals surface area contributed by atoms with Gasteiger partial charge in [-0.05, 0) is 37.8 Å². The van der Waals surface area contributed by atoms with Gasteiger partial charge in [-0.3, -0.25) is 19.8 Å². The third-order valence-corrected chi connectivity index (χ3v) is 4.39. The summed E-state index contributed by atoms with van der Waals surface area (Å²) in [6.07, 6.45) is 2.99. The number of fused-ring (bicyclic) bond motifs is 1. The molecular weight excluding hydrogens is 298 g/mol. The molecule has 2 aliphatic rings. The first-order valence-corrected chi connectivity index (χ1v) is 7.75. The minimum Gasteiger partial charge on any atom is -0.481 e. The molecule has 1 heterocycles. The molecule has 7 heteroatoms. The van der Waals surface area contributed by atoms with E-state index in [1.165, 1.54) is 5.01 Å². The van der Waals surface area contributed by atoms with E-state index in [0.717, 1.165) is 31.4 Å². The molecule has 0 atom stereocenters. The molecule has 0 bridgehead atoms. The van der Waals surface area contributed by atoms with E-state index in [4.69, 9.17) is 5.11 Å². The Balaban J connectivity index is 1.85. The van der Waals surface area contributed by atoms with Crippen LogP contribution in [0.15, 0.2) is 24.3 Å². The summed E-state index contributed by atoms with van der Waals surface area (Å²) >= 11 is 0. The molecule has 1 spiro atoms. The van der Waals surface area contributed by atoms with Gasteiger partial charge in [0.05, 0.1) is 12.0 Å². The number of hydrazine groups is 1. The Morgan fingerprint density at radius 3 is 2.61 bits per heavy atom. The van der Waals surface area contributed by atoms with Crippen molar-refractivity contribution in [2.24, 2.45) is 0 Å². The number of anilines is 1. The number of rotatable bonds is 4. The molecule has 0 saturated heterocycles. The third-order valence-electron chi connectivity index (χ3n) is 4.39. The molecule has 1 aromatic rings. The zero-order valence-corrected chi connectivity index (χ0v) is 12.7. The van der Waals surface area contributed by atoms with Gasteiger partial charge in [0.1, 0.15) is 5.66 Å². The van der Waals surface area contributed by atoms with Gasteiger partial charge in [-0.25, -0.2) is 5.01 Å². The molecule has 3 N–H and O–H groups in total. The minimum absolute atomic E-state index is 0.156. The Bertz CT molecular complexity index is 652. The van der Waals surface area contributed by atoms with Crippen LogP contribution in [-0.4, -0.2) is 33.6 Å². The third kappa shape index (κ3) is 2.86. The molecule has 1 aromatic carbocycles. The summed E-state index contributed by atoms with van der Waals surface area (Å²) in [5.41, 5.74) is 3.27. The van der Waals surface area contributed by atoms with Crippen LogP contribution < -0.4 is 10.7 Å². The molecule has 1 aliphatic carbocycles. The van der Waals surface area contributed by atoms with Crippen molar-refractivity contribution >= 4 is 23.5 Å². The summed E-state index contributed by atoms with van der Waals surface area (Å²) in [6, 6.07) is 7.21. The number of nitrogens with one attached hydrogen (secondary N) is 2. The molecule has 1 saturated carbocycles. The van der Waals surface area contributed by atoms with Gasteiger partial charge in [-0.1, -0.05) is 12.1 Å². The van der Waals surface area contributed by atoms with Crippen molar-refractivity contribution in [2.75, 3.05) is 5.32 Å². The summed E-state index contributed by atoms with van der Waals surface area (Å²) < 4.78 is 0. The molecule has 7 nitrogen and oxygen atoms in total. The van der Waals surface area contributed by atoms with Gasteiger partial charge in [-0.2, -0.15) is 0 Å². The van der Waals surface area contributed by atoms with Crippen LogP contribution in [0.4, 0.5) is 5.69 Å². The maximum atomic E-state index is 12.8. The van der Waals surface area contributed by atoms with Crippen LogP contribution in [0.5, 0.6) is 0 Å². The maximum Gasteiger partial charge on any atom is 0.303 e. The predicted octanol–water partition coefficient (Wildman–Crippen LogP) is 1.72. The molecule has 0 radical (unpaired) electrons. The van der Waals surface area contributed by atoms with Crippen molar-refractivity contribution in [2.45, 2.75) is 44.2 Å². The highest BCUT2D eigenvalue weighted by Gasteiger charge is 2.47. The van der Waals surface area contributed by atoms with Crippen LogP contribution in [0.3, 0.4) is 0 Å². The molecule has 3 rings (SSSR count). The van der Waals surface area contributed by atoms with Gasteiger partial charge in [0.15, 0.2) is 0 Å². The summed E-state index contributed by atoms with van der Waals surface area (Å²) in [6.45, 7) is 0. The Labute approximate surface area is 133 Å². The van der Waals surface area contributed by atoms with E-state index in [2.05, 4.69) is 10.7 Å². The minimum atomic E-state index is -1.04. The van der Waals surface area contributed by atoms with Crippen molar-refractivity contribution in [1.82, 2.24) is 10.4 Å². The van der Waals surface area contributed by atoms with Crippen LogP contribution in [0, 0.1) is 0 Å². The number of carbonyl (C=O) groups is 3. The van der Waals surface area contributed by atoms with E-state index in [9.17, 15) is 14.4 Å². The van der Waals surface area contributed by atoms with Crippen molar-refractivity contribution in [3.05, 3.63) is 29.8 Å². The van der Waals surface area contributed by atoms with E-state index in [1.807, 2.05) is 12.1 Å². The van der Waals surface area contributed by atoms with Crippen LogP contribution >= 0.6 is 0 Å². The molecule has 2 amide bonds. The second-order valence-corrected chi connectivity index (χ2v) is 5.98. The lowest BCUT2D eigenvalue weighted by atomic mass is 9.99. The lowest BCUT2D eigenvalue weighted by Crippen LogP contribution is -2.64. The van der Waals surface area contributed by atoms with E-state index in [0.29, 0.717) is 5.56 Å². The number of aliphatic carboxylic acids is 1. The van der Waals surface area contributed by atoms with E-state index < -0.39 is 17.5 Å². The highest BCUT2D eigenvalue weighted by atomic mass is 16.4. The van der Waals surface area contributed by atoms with Gasteiger partial charge in [0, 0.05) is 12.1 Å². The fraction of sp³-hybridized carbons (Fsp3) is 0.438. The summed E-state index contributed by atoms with van der Waals surface area (Å²) in [5.74, 6) is -1.76. The topological polar surface area (TPSA) is 98.7 Å². The normalized spacial score (nSPS) is 18.4. The number of carboxylic acids is 1. The fourth-order valence-corrected chi connectivity index (χ4v) is 3.27. The maximum absolute atomic E-state index is 12.8. The molecule has 23 heavy (non-hydrogen) atoms. The molecule has 0 unspecified atom stereocenters. The Morgan fingerprint density at radius 2 is 1.91 bits per heavy atom. The van der Waals surface area contributed by atoms with Crippen molar-refractivity contribution in [3.63, 3.8) is 0 Å². The largest absolute Gasteiger partial charge is 0.481 e. The molecular formula is C16H19N3O4. The summed E-state index contributed by atoms with van der Waals surface area (Å²) in [7, 11) is 0. The van der Waals surface area contributed by atoms with Crippen LogP contribution in [0.1, 0.15) is 48.9 Å². The van der Waals surface area contributed by atoms with Gasteiger partial charge in [0.25, 0.3) is 5.91 Å². The van der Waals surface area contributed by atoms with Crippen LogP contribution in [-0.2, 0) is 9.59 Å². The van der Waals surface area contributed by atoms with E-state index >= 15 is 0 Å². The molecule has 1 aliphatic heterocycles. The average molecular weight is 317 g/mol. The van der Waals surface area contributed by atoms with E-state index in [-0.39, 0.29) is 18.7 Å². The van der Waals surface area contributed by atoms with Gasteiger partial charge in [-0.15, -0.1) is 0 Å². The Morgan fingerprint density at radius 1 is 1.22 bits per heavy atom. The first-order valence-electron chi connectivity index (χ1n) is 7.75. The standard InChI is InChI=1S/C16H19N3O4/c20-13(7-8-14(21)22)18-19-15(23)11-5-1-2-6-12(11)17-16(19)9-3-4-10-16/h1-2,5-6,17H,3-4,7-10H2,(H,18,20)(H,21,22). The number of benzene rings is 1. The fourth-order valence-electron chi connectivity index (χ4n) is 3.27. The number of hydrogen-bond donors (Lipinski definition) is 3. The predicted molar refractivity (Wildman–Crippen MR) is 82.4 cm³/mol. The van der Waals surface area contributed by atoms with Crippen LogP contribution in [0.2, 0.25) is 0 Å². The number of hydrogen-bond acceptors (Lipinski definition) is 4. The zero-order chi connectivity index (χ0) is 16.4. The lowest BCUT2D eigenvalue weighted by molar-refractivity contribution is -0.139. The smallest absolute Gasteiger partial charge is 0.303 e. The highest BCUT2D eigenvalue weighted by Crippen LogP contribution is 2.40. The monoisotopic (exact) mass is 317 g/mol. The van der Waals surface area contributed by atoms with Gasteiger partial charge >= 0.3 is 5.97 Å². The number of carbonyl (C=O) groups excluding carboxylic acids is 2. The van der Waals surface area contributed by atoms with E-state index in [1.54, 1.807) is 12.1 Å². The van der Waals surface area contributed by atoms with Crippen molar-refractivity contribution in [1.29, 1.82) is 0 Å². The Hall–Kier alpha value is -2.57. The van der Waals surface area contributed by atoms with Gasteiger partial charge in [0.2, 0.25) is 5.91 Å². The number of para-hydroxylation sites is 1. The summed E-state index contributed by atoms with van der Waals surface area (Å²) in [5, 5.41) is 13.4. The van der Waals surface area contributed by atoms with Crippen molar-refractivity contribution in [3.8, 4) is 0 Å². The SMILES string of the molecule is O=C(O)CCC(=O)NN1C(=O)c2ccccc2NC12CCCC2. The Kier molecular flexibility index (Phi) is 3.94.